The molecule has 0 spiro atoms. The topological polar surface area (TPSA) is 47.3 Å². The molecule has 0 unspecified atom stereocenters. The van der Waals surface area contributed by atoms with Gasteiger partial charge in [0.2, 0.25) is 0 Å². The lowest BCUT2D eigenvalue weighted by molar-refractivity contribution is 0.203. The summed E-state index contributed by atoms with van der Waals surface area (Å²) < 4.78 is 6.25. The second-order valence-electron chi connectivity index (χ2n) is 4.47. The number of hydrogen-bond acceptors (Lipinski definition) is 3. The Morgan fingerprint density at radius 2 is 1.84 bits per heavy atom. The summed E-state index contributed by atoms with van der Waals surface area (Å²) in [5.41, 5.74) is 3.42. The summed E-state index contributed by atoms with van der Waals surface area (Å²) >= 11 is 0. The molecule has 0 bridgehead atoms. The maximum absolute atomic E-state index is 10.2. The van der Waals surface area contributed by atoms with Crippen molar-refractivity contribution in [2.24, 2.45) is 0 Å². The number of methoxy groups -OCH3 is 1. The van der Waals surface area contributed by atoms with Gasteiger partial charge in [-0.1, -0.05) is 6.07 Å². The molecule has 0 amide bonds. The summed E-state index contributed by atoms with van der Waals surface area (Å²) in [5.74, 6) is 1.31. The summed E-state index contributed by atoms with van der Waals surface area (Å²) in [4.78, 5) is 4.45. The molecule has 0 aliphatic heterocycles. The van der Waals surface area contributed by atoms with Gasteiger partial charge in [0, 0.05) is 5.56 Å². The first-order valence-electron chi connectivity index (χ1n) is 6.02. The third-order valence-corrected chi connectivity index (χ3v) is 3.13. The van der Waals surface area contributed by atoms with Gasteiger partial charge in [0.1, 0.15) is 11.3 Å². The lowest BCUT2D eigenvalue weighted by Gasteiger charge is -2.03. The van der Waals surface area contributed by atoms with Crippen LogP contribution >= 0.6 is 0 Å². The first-order chi connectivity index (χ1) is 9.19. The van der Waals surface area contributed by atoms with Gasteiger partial charge in [0.05, 0.1) is 12.6 Å². The predicted octanol–water partition coefficient (Wildman–Crippen LogP) is 3.26. The Hall–Kier alpha value is -2.49. The van der Waals surface area contributed by atoms with E-state index in [4.69, 9.17) is 4.74 Å². The molecule has 1 N–H and O–H groups in total. The molecule has 1 heterocycles. The summed E-state index contributed by atoms with van der Waals surface area (Å²) in [7, 11) is 1.62. The average molecular weight is 254 g/mol. The van der Waals surface area contributed by atoms with E-state index in [9.17, 15) is 5.21 Å². The van der Waals surface area contributed by atoms with E-state index in [2.05, 4.69) is 4.98 Å². The smallest absolute Gasteiger partial charge is 0.176 e. The van der Waals surface area contributed by atoms with Crippen LogP contribution in [-0.2, 0) is 0 Å². The first-order valence-corrected chi connectivity index (χ1v) is 6.02. The van der Waals surface area contributed by atoms with Crippen LogP contribution in [0.4, 0.5) is 0 Å². The molecule has 0 radical (unpaired) electrons. The minimum absolute atomic E-state index is 0.531. The number of rotatable bonds is 2. The van der Waals surface area contributed by atoms with Crippen LogP contribution in [0.25, 0.3) is 22.4 Å². The van der Waals surface area contributed by atoms with E-state index in [0.717, 1.165) is 27.1 Å². The van der Waals surface area contributed by atoms with Crippen molar-refractivity contribution in [2.45, 2.75) is 6.92 Å². The number of benzene rings is 2. The van der Waals surface area contributed by atoms with Crippen LogP contribution in [0.15, 0.2) is 42.5 Å². The van der Waals surface area contributed by atoms with Crippen molar-refractivity contribution in [3.05, 3.63) is 48.0 Å². The highest BCUT2D eigenvalue weighted by Crippen LogP contribution is 2.25. The number of nitrogens with zero attached hydrogens (tertiary/aromatic N) is 2. The molecule has 19 heavy (non-hydrogen) atoms. The van der Waals surface area contributed by atoms with Crippen molar-refractivity contribution >= 4 is 11.0 Å². The Bertz CT molecular complexity index is 730. The van der Waals surface area contributed by atoms with Crippen LogP contribution in [0.2, 0.25) is 0 Å². The number of hydrogen-bond donors (Lipinski definition) is 1. The minimum atomic E-state index is 0.531. The molecule has 0 saturated carbocycles. The fraction of sp³-hybridized carbons (Fsp3) is 0.133. The average Bonchev–Trinajstić information content (AvgIpc) is 2.76. The van der Waals surface area contributed by atoms with Crippen molar-refractivity contribution < 1.29 is 9.94 Å². The number of aromatic nitrogens is 2. The maximum Gasteiger partial charge on any atom is 0.176 e. The number of aryl methyl sites for hydroxylation is 1. The zero-order valence-electron chi connectivity index (χ0n) is 10.8. The molecule has 4 heteroatoms. The molecule has 3 aromatic rings. The zero-order chi connectivity index (χ0) is 13.4. The molecule has 0 fully saturated rings. The van der Waals surface area contributed by atoms with Crippen LogP contribution in [0, 0.1) is 6.92 Å². The molecule has 0 aliphatic rings. The predicted molar refractivity (Wildman–Crippen MR) is 73.6 cm³/mol. The van der Waals surface area contributed by atoms with Crippen LogP contribution in [-0.4, -0.2) is 22.0 Å². The monoisotopic (exact) mass is 254 g/mol. The summed E-state index contributed by atoms with van der Waals surface area (Å²) in [5, 5.41) is 10.2. The van der Waals surface area contributed by atoms with Crippen molar-refractivity contribution in [3.63, 3.8) is 0 Å². The molecule has 0 saturated heterocycles. The lowest BCUT2D eigenvalue weighted by Crippen LogP contribution is -1.94. The highest BCUT2D eigenvalue weighted by molar-refractivity contribution is 5.80. The van der Waals surface area contributed by atoms with Crippen LogP contribution in [0.3, 0.4) is 0 Å². The van der Waals surface area contributed by atoms with E-state index in [0.29, 0.717) is 11.3 Å². The maximum atomic E-state index is 10.2. The summed E-state index contributed by atoms with van der Waals surface area (Å²) in [6.07, 6.45) is 0. The van der Waals surface area contributed by atoms with Crippen LogP contribution < -0.4 is 4.74 Å². The van der Waals surface area contributed by atoms with Gasteiger partial charge >= 0.3 is 0 Å². The number of imidazole rings is 1. The van der Waals surface area contributed by atoms with Gasteiger partial charge in [-0.05, 0) is 48.9 Å². The van der Waals surface area contributed by atoms with Crippen molar-refractivity contribution in [2.75, 3.05) is 7.11 Å². The Labute approximate surface area is 110 Å². The molecular weight excluding hydrogens is 240 g/mol. The highest BCUT2D eigenvalue weighted by atomic mass is 16.5. The second-order valence-corrected chi connectivity index (χ2v) is 4.47. The van der Waals surface area contributed by atoms with Gasteiger partial charge in [0.25, 0.3) is 0 Å². The minimum Gasteiger partial charge on any atom is -0.497 e. The van der Waals surface area contributed by atoms with Gasteiger partial charge in [0.15, 0.2) is 5.82 Å². The Morgan fingerprint density at radius 3 is 2.53 bits per heavy atom. The van der Waals surface area contributed by atoms with Gasteiger partial charge in [-0.25, -0.2) is 4.98 Å². The molecule has 0 aliphatic carbocycles. The van der Waals surface area contributed by atoms with Crippen LogP contribution in [0.5, 0.6) is 5.75 Å². The van der Waals surface area contributed by atoms with E-state index < -0.39 is 0 Å². The SMILES string of the molecule is COc1ccc(-c2nc3ccc(C)cc3n2O)cc1. The molecule has 0 atom stereocenters. The first kappa shape index (κ1) is 11.6. The normalized spacial score (nSPS) is 10.8. The number of fused-ring (bicyclic) bond motifs is 1. The Morgan fingerprint density at radius 1 is 1.11 bits per heavy atom. The Balaban J connectivity index is 2.16. The van der Waals surface area contributed by atoms with E-state index in [-0.39, 0.29) is 0 Å². The number of ether oxygens (including phenoxy) is 1. The molecule has 3 rings (SSSR count). The van der Waals surface area contributed by atoms with E-state index in [1.54, 1.807) is 7.11 Å². The van der Waals surface area contributed by atoms with Gasteiger partial charge in [-0.2, -0.15) is 4.73 Å². The van der Waals surface area contributed by atoms with Gasteiger partial charge in [-0.3, -0.25) is 0 Å². The van der Waals surface area contributed by atoms with Crippen LogP contribution in [0.1, 0.15) is 5.56 Å². The third kappa shape index (κ3) is 1.91. The molecule has 2 aromatic carbocycles. The van der Waals surface area contributed by atoms with Gasteiger partial charge in [-0.15, -0.1) is 0 Å². The lowest BCUT2D eigenvalue weighted by atomic mass is 10.2. The van der Waals surface area contributed by atoms with Crippen molar-refractivity contribution in [3.8, 4) is 17.1 Å². The summed E-state index contributed by atoms with van der Waals surface area (Å²) in [6.45, 7) is 1.99. The highest BCUT2D eigenvalue weighted by Gasteiger charge is 2.11. The van der Waals surface area contributed by atoms with E-state index in [1.807, 2.05) is 49.4 Å². The zero-order valence-corrected chi connectivity index (χ0v) is 10.8. The molecule has 1 aromatic heterocycles. The van der Waals surface area contributed by atoms with Crippen molar-refractivity contribution in [1.29, 1.82) is 0 Å². The summed E-state index contributed by atoms with van der Waals surface area (Å²) in [6, 6.07) is 13.2. The molecule has 96 valence electrons. The van der Waals surface area contributed by atoms with E-state index in [1.165, 1.54) is 0 Å². The third-order valence-electron chi connectivity index (χ3n) is 3.13. The largest absolute Gasteiger partial charge is 0.497 e. The fourth-order valence-electron chi connectivity index (χ4n) is 2.10. The Kier molecular flexibility index (Phi) is 2.63. The van der Waals surface area contributed by atoms with E-state index >= 15 is 0 Å². The van der Waals surface area contributed by atoms with Crippen molar-refractivity contribution in [1.82, 2.24) is 9.71 Å². The quantitative estimate of drug-likeness (QED) is 0.714. The molecular formula is C15H14N2O2. The standard InChI is InChI=1S/C15H14N2O2/c1-10-3-8-13-14(9-10)17(18)15(16-13)11-4-6-12(19-2)7-5-11/h3-9,18H,1-2H3. The van der Waals surface area contributed by atoms with Gasteiger partial charge < -0.3 is 9.94 Å². The molecule has 4 nitrogen and oxygen atoms in total. The second kappa shape index (κ2) is 4.31. The fourth-order valence-corrected chi connectivity index (χ4v) is 2.10.